The van der Waals surface area contributed by atoms with Crippen molar-refractivity contribution in [1.29, 1.82) is 0 Å². The molecular formula is C21H26N2O2. The maximum Gasteiger partial charge on any atom is 0.262 e. The van der Waals surface area contributed by atoms with Crippen molar-refractivity contribution < 1.29 is 9.53 Å². The van der Waals surface area contributed by atoms with E-state index in [1.807, 2.05) is 24.3 Å². The van der Waals surface area contributed by atoms with Gasteiger partial charge in [-0.2, -0.15) is 0 Å². The number of carbonyl (C=O) groups excluding carboxylic acids is 1. The van der Waals surface area contributed by atoms with Gasteiger partial charge in [0.2, 0.25) is 0 Å². The standard InChI is InChI=1S/C21H26N2O2/c1-2-3-4-5-6-12-25-19-10-11-20-16(8-7-9-17(20)14-19)13-18-15-22-23-21(18)24/h7-11,13-14,22H,2-6,12,15H2,1H3,(H,23,24)/b18-13+. The molecule has 4 heteroatoms. The lowest BCUT2D eigenvalue weighted by Crippen LogP contribution is -2.25. The molecule has 1 aliphatic rings. The van der Waals surface area contributed by atoms with Gasteiger partial charge in [-0.25, -0.2) is 5.43 Å². The van der Waals surface area contributed by atoms with Crippen molar-refractivity contribution in [3.8, 4) is 5.75 Å². The number of carbonyl (C=O) groups is 1. The van der Waals surface area contributed by atoms with Crippen molar-refractivity contribution in [3.05, 3.63) is 47.5 Å². The molecule has 1 fully saturated rings. The molecule has 132 valence electrons. The normalized spacial score (nSPS) is 15.7. The average Bonchev–Trinajstić information content (AvgIpc) is 3.03. The number of unbranched alkanes of at least 4 members (excludes halogenated alkanes) is 4. The van der Waals surface area contributed by atoms with Gasteiger partial charge in [0.25, 0.3) is 5.91 Å². The number of nitrogens with one attached hydrogen (secondary N) is 2. The van der Waals surface area contributed by atoms with E-state index in [4.69, 9.17) is 4.74 Å². The highest BCUT2D eigenvalue weighted by Crippen LogP contribution is 2.26. The number of fused-ring (bicyclic) bond motifs is 1. The van der Waals surface area contributed by atoms with Crippen LogP contribution in [0.2, 0.25) is 0 Å². The van der Waals surface area contributed by atoms with E-state index in [-0.39, 0.29) is 5.91 Å². The van der Waals surface area contributed by atoms with Crippen LogP contribution < -0.4 is 15.6 Å². The molecule has 0 saturated carbocycles. The molecule has 0 bridgehead atoms. The number of ether oxygens (including phenoxy) is 1. The SMILES string of the molecule is CCCCCCCOc1ccc2c(/C=C3\CNNC3=O)cccc2c1. The van der Waals surface area contributed by atoms with Gasteiger partial charge in [-0.1, -0.05) is 56.9 Å². The Morgan fingerprint density at radius 3 is 2.80 bits per heavy atom. The van der Waals surface area contributed by atoms with Crippen LogP contribution in [0.3, 0.4) is 0 Å². The molecular weight excluding hydrogens is 312 g/mol. The van der Waals surface area contributed by atoms with Crippen LogP contribution in [0.15, 0.2) is 42.0 Å². The molecule has 0 aliphatic carbocycles. The van der Waals surface area contributed by atoms with Crippen LogP contribution in [0.25, 0.3) is 16.8 Å². The van der Waals surface area contributed by atoms with Gasteiger partial charge in [0.1, 0.15) is 5.75 Å². The van der Waals surface area contributed by atoms with Crippen molar-refractivity contribution in [2.75, 3.05) is 13.2 Å². The first-order valence-electron chi connectivity index (χ1n) is 9.17. The molecule has 4 nitrogen and oxygen atoms in total. The molecule has 1 heterocycles. The van der Waals surface area contributed by atoms with Crippen molar-refractivity contribution in [1.82, 2.24) is 10.9 Å². The van der Waals surface area contributed by atoms with Gasteiger partial charge in [0, 0.05) is 12.1 Å². The number of hydrogen-bond donors (Lipinski definition) is 2. The fraction of sp³-hybridized carbons (Fsp3) is 0.381. The third kappa shape index (κ3) is 4.60. The van der Waals surface area contributed by atoms with Crippen molar-refractivity contribution in [3.63, 3.8) is 0 Å². The Hall–Kier alpha value is -2.33. The van der Waals surface area contributed by atoms with E-state index in [9.17, 15) is 4.79 Å². The summed E-state index contributed by atoms with van der Waals surface area (Å²) in [6, 6.07) is 12.3. The minimum absolute atomic E-state index is 0.0555. The maximum atomic E-state index is 11.7. The van der Waals surface area contributed by atoms with Crippen LogP contribution in [0.4, 0.5) is 0 Å². The summed E-state index contributed by atoms with van der Waals surface area (Å²) in [4.78, 5) is 11.7. The molecule has 2 aromatic rings. The van der Waals surface area contributed by atoms with E-state index >= 15 is 0 Å². The van der Waals surface area contributed by atoms with Crippen molar-refractivity contribution in [2.24, 2.45) is 0 Å². The zero-order valence-electron chi connectivity index (χ0n) is 14.8. The maximum absolute atomic E-state index is 11.7. The molecule has 3 rings (SSSR count). The monoisotopic (exact) mass is 338 g/mol. The molecule has 0 radical (unpaired) electrons. The molecule has 1 saturated heterocycles. The quantitative estimate of drug-likeness (QED) is 0.560. The largest absolute Gasteiger partial charge is 0.494 e. The van der Waals surface area contributed by atoms with E-state index in [0.717, 1.165) is 40.7 Å². The molecule has 25 heavy (non-hydrogen) atoms. The Bertz CT molecular complexity index is 768. The number of amides is 1. The van der Waals surface area contributed by atoms with E-state index < -0.39 is 0 Å². The molecule has 0 spiro atoms. The minimum Gasteiger partial charge on any atom is -0.494 e. The molecule has 0 atom stereocenters. The van der Waals surface area contributed by atoms with Gasteiger partial charge < -0.3 is 4.74 Å². The molecule has 1 amide bonds. The third-order valence-electron chi connectivity index (χ3n) is 4.50. The lowest BCUT2D eigenvalue weighted by molar-refractivity contribution is -0.116. The molecule has 2 aromatic carbocycles. The summed E-state index contributed by atoms with van der Waals surface area (Å²) < 4.78 is 5.90. The predicted octanol–water partition coefficient (Wildman–Crippen LogP) is 4.21. The Kier molecular flexibility index (Phi) is 6.07. The molecule has 0 aromatic heterocycles. The number of hydrogen-bond acceptors (Lipinski definition) is 3. The summed E-state index contributed by atoms with van der Waals surface area (Å²) in [5.41, 5.74) is 7.27. The van der Waals surface area contributed by atoms with Crippen LogP contribution in [-0.2, 0) is 4.79 Å². The van der Waals surface area contributed by atoms with Crippen molar-refractivity contribution in [2.45, 2.75) is 39.0 Å². The van der Waals surface area contributed by atoms with Crippen LogP contribution >= 0.6 is 0 Å². The lowest BCUT2D eigenvalue weighted by atomic mass is 10.0. The number of benzene rings is 2. The van der Waals surface area contributed by atoms with Crippen molar-refractivity contribution >= 4 is 22.8 Å². The first-order chi connectivity index (χ1) is 12.3. The molecule has 2 N–H and O–H groups in total. The third-order valence-corrected chi connectivity index (χ3v) is 4.50. The second-order valence-corrected chi connectivity index (χ2v) is 6.47. The van der Waals surface area contributed by atoms with Gasteiger partial charge in [-0.3, -0.25) is 10.2 Å². The summed E-state index contributed by atoms with van der Waals surface area (Å²) in [6.07, 6.45) is 8.15. The lowest BCUT2D eigenvalue weighted by Gasteiger charge is -2.09. The smallest absolute Gasteiger partial charge is 0.262 e. The first kappa shape index (κ1) is 17.5. The van der Waals surface area contributed by atoms with E-state index in [0.29, 0.717) is 6.54 Å². The first-order valence-corrected chi connectivity index (χ1v) is 9.17. The fourth-order valence-corrected chi connectivity index (χ4v) is 3.08. The Morgan fingerprint density at radius 1 is 1.12 bits per heavy atom. The Balaban J connectivity index is 1.68. The number of hydrazine groups is 1. The van der Waals surface area contributed by atoms with E-state index in [1.54, 1.807) is 0 Å². The second kappa shape index (κ2) is 8.67. The van der Waals surface area contributed by atoms with Crippen LogP contribution in [0, 0.1) is 0 Å². The highest BCUT2D eigenvalue weighted by Gasteiger charge is 2.15. The van der Waals surface area contributed by atoms with Crippen LogP contribution in [0.1, 0.15) is 44.6 Å². The van der Waals surface area contributed by atoms with Gasteiger partial charge >= 0.3 is 0 Å². The van der Waals surface area contributed by atoms with Gasteiger partial charge in [0.05, 0.1) is 6.61 Å². The summed E-state index contributed by atoms with van der Waals surface area (Å²) in [5.74, 6) is 0.855. The number of rotatable bonds is 8. The van der Waals surface area contributed by atoms with E-state index in [1.165, 1.54) is 25.7 Å². The summed E-state index contributed by atoms with van der Waals surface area (Å²) in [5, 5.41) is 2.26. The molecule has 0 unspecified atom stereocenters. The van der Waals surface area contributed by atoms with Gasteiger partial charge in [0.15, 0.2) is 0 Å². The highest BCUT2D eigenvalue weighted by atomic mass is 16.5. The summed E-state index contributed by atoms with van der Waals surface area (Å²) in [7, 11) is 0. The zero-order valence-corrected chi connectivity index (χ0v) is 14.8. The second-order valence-electron chi connectivity index (χ2n) is 6.47. The topological polar surface area (TPSA) is 50.4 Å². The van der Waals surface area contributed by atoms with Crippen LogP contribution in [-0.4, -0.2) is 19.1 Å². The van der Waals surface area contributed by atoms with Gasteiger partial charge in [-0.15, -0.1) is 0 Å². The summed E-state index contributed by atoms with van der Waals surface area (Å²) >= 11 is 0. The minimum atomic E-state index is -0.0555. The summed E-state index contributed by atoms with van der Waals surface area (Å²) in [6.45, 7) is 3.55. The predicted molar refractivity (Wildman–Crippen MR) is 102 cm³/mol. The fourth-order valence-electron chi connectivity index (χ4n) is 3.08. The van der Waals surface area contributed by atoms with E-state index in [2.05, 4.69) is 36.0 Å². The van der Waals surface area contributed by atoms with Gasteiger partial charge in [-0.05, 0) is 41.0 Å². The van der Waals surface area contributed by atoms with Crippen LogP contribution in [0.5, 0.6) is 5.75 Å². The average molecular weight is 338 g/mol. The Morgan fingerprint density at radius 2 is 2.00 bits per heavy atom. The highest BCUT2D eigenvalue weighted by molar-refractivity contribution is 6.02. The zero-order chi connectivity index (χ0) is 17.5. The Labute approximate surface area is 149 Å². The molecule has 1 aliphatic heterocycles.